The molecule has 0 saturated heterocycles. The van der Waals surface area contributed by atoms with Crippen molar-refractivity contribution in [3.63, 3.8) is 0 Å². The van der Waals surface area contributed by atoms with Crippen LogP contribution in [-0.2, 0) is 26.2 Å². The van der Waals surface area contributed by atoms with Crippen LogP contribution in [0.4, 0.5) is 0 Å². The van der Waals surface area contributed by atoms with Crippen LogP contribution in [0, 0.1) is 12.0 Å². The van der Waals surface area contributed by atoms with E-state index in [4.69, 9.17) is 0 Å². The summed E-state index contributed by atoms with van der Waals surface area (Å²) in [6.45, 7) is 10.7. The smallest absolute Gasteiger partial charge is 1.00 e. The first-order valence-corrected chi connectivity index (χ1v) is 12.0. The Morgan fingerprint density at radius 3 is 1.59 bits per heavy atom. The van der Waals surface area contributed by atoms with Gasteiger partial charge in [-0.3, -0.25) is 6.08 Å². The zero-order valence-corrected chi connectivity index (χ0v) is 25.2. The second kappa shape index (κ2) is 22.3. The SMILES string of the molecule is CC(C)C1=CC[C-]=C1.CCCCCC.C[Si].[Cl-].[Cl-].[Zr+4].c1ccc2c(c1)[cH-]c1ccccc12. The molecule has 4 rings (SSSR count). The summed E-state index contributed by atoms with van der Waals surface area (Å²) in [7, 11) is 2.97. The van der Waals surface area contributed by atoms with Crippen molar-refractivity contribution in [1.82, 2.24) is 0 Å². The maximum atomic E-state index is 3.14. The van der Waals surface area contributed by atoms with E-state index in [1.165, 1.54) is 52.8 Å². The van der Waals surface area contributed by atoms with E-state index in [9.17, 15) is 0 Å². The van der Waals surface area contributed by atoms with Crippen molar-refractivity contribution in [2.75, 3.05) is 0 Å². The number of rotatable bonds is 4. The molecule has 1 aliphatic rings. The predicted octanol–water partition coefficient (Wildman–Crippen LogP) is 2.84. The van der Waals surface area contributed by atoms with Crippen LogP contribution >= 0.6 is 0 Å². The third-order valence-electron chi connectivity index (χ3n) is 4.87. The molecule has 0 N–H and O–H groups in total. The molecule has 0 bridgehead atoms. The van der Waals surface area contributed by atoms with Crippen LogP contribution < -0.4 is 24.8 Å². The van der Waals surface area contributed by atoms with Gasteiger partial charge >= 0.3 is 26.2 Å². The standard InChI is InChI=1S/C13H9.C8H11.C6H14.CH3Si.2ClH.Zr/c1-3-7-12-10(5-1)9-11-6-2-4-8-13(11)12;1-7(2)8-5-3-4-6-8;1-3-5-6-4-2;1-2;;;/h1-9H;5-7H,3H2,1-2H3;3-6H2,1-2H3;1H3;2*1H;/q2*-1;;;;;+4/p-2. The Labute approximate surface area is 232 Å². The molecule has 0 amide bonds. The normalized spacial score (nSPS) is 10.8. The Morgan fingerprint density at radius 2 is 1.28 bits per heavy atom. The molecule has 32 heavy (non-hydrogen) atoms. The van der Waals surface area contributed by atoms with Gasteiger partial charge in [0, 0.05) is 10.2 Å². The van der Waals surface area contributed by atoms with E-state index in [0.717, 1.165) is 6.42 Å². The number of unbranched alkanes of at least 4 members (excludes halogenated alkanes) is 3. The molecule has 0 nitrogen and oxygen atoms in total. The van der Waals surface area contributed by atoms with E-state index in [2.05, 4.69) is 111 Å². The largest absolute Gasteiger partial charge is 4.00 e. The van der Waals surface area contributed by atoms with Crippen molar-refractivity contribution < 1.29 is 51.0 Å². The van der Waals surface area contributed by atoms with Gasteiger partial charge in [0.05, 0.1) is 0 Å². The molecule has 0 heterocycles. The van der Waals surface area contributed by atoms with E-state index >= 15 is 0 Å². The summed E-state index contributed by atoms with van der Waals surface area (Å²) in [4.78, 5) is 0. The van der Waals surface area contributed by atoms with Gasteiger partial charge in [-0.15, -0.1) is 46.2 Å². The monoisotopic (exact) mass is 561 g/mol. The molecule has 1 aliphatic carbocycles. The van der Waals surface area contributed by atoms with Gasteiger partial charge in [-0.05, 0) is 0 Å². The van der Waals surface area contributed by atoms with Gasteiger partial charge in [-0.2, -0.15) is 11.6 Å². The number of hydrogen-bond acceptors (Lipinski definition) is 0. The maximum absolute atomic E-state index is 3.14. The zero-order valence-electron chi connectivity index (χ0n) is 20.2. The van der Waals surface area contributed by atoms with E-state index in [-0.39, 0.29) is 51.0 Å². The first kappa shape index (κ1) is 36.0. The van der Waals surface area contributed by atoms with Gasteiger partial charge in [0.15, 0.2) is 0 Å². The summed E-state index contributed by atoms with van der Waals surface area (Å²) in [6.07, 6.45) is 14.0. The molecular formula is C28H37Cl2SiZr. The summed E-state index contributed by atoms with van der Waals surface area (Å²) in [6, 6.07) is 19.3. The van der Waals surface area contributed by atoms with E-state index < -0.39 is 0 Å². The minimum Gasteiger partial charge on any atom is -1.00 e. The molecule has 0 aliphatic heterocycles. The van der Waals surface area contributed by atoms with Crippen molar-refractivity contribution in [3.05, 3.63) is 78.4 Å². The molecule has 171 valence electrons. The van der Waals surface area contributed by atoms with Crippen LogP contribution in [0.3, 0.4) is 0 Å². The zero-order chi connectivity index (χ0) is 21.5. The summed E-state index contributed by atoms with van der Waals surface area (Å²) in [5.41, 5.74) is 1.44. The van der Waals surface area contributed by atoms with E-state index in [1.54, 1.807) is 6.55 Å². The van der Waals surface area contributed by atoms with Crippen molar-refractivity contribution in [2.24, 2.45) is 5.92 Å². The number of halogens is 2. The third kappa shape index (κ3) is 12.6. The molecule has 3 aromatic rings. The molecule has 4 heteroatoms. The van der Waals surface area contributed by atoms with Gasteiger partial charge in [0.2, 0.25) is 0 Å². The molecule has 0 saturated carbocycles. The number of fused-ring (bicyclic) bond motifs is 3. The van der Waals surface area contributed by atoms with E-state index in [0.29, 0.717) is 5.92 Å². The molecule has 0 unspecified atom stereocenters. The fraction of sp³-hybridized carbons (Fsp3) is 0.393. The van der Waals surface area contributed by atoms with Gasteiger partial charge in [-0.1, -0.05) is 102 Å². The Balaban J connectivity index is -0.000000391. The quantitative estimate of drug-likeness (QED) is 0.260. The van der Waals surface area contributed by atoms with Gasteiger partial charge in [0.1, 0.15) is 0 Å². The van der Waals surface area contributed by atoms with Gasteiger partial charge < -0.3 is 24.8 Å². The first-order chi connectivity index (χ1) is 14.2. The average molecular weight is 564 g/mol. The van der Waals surface area contributed by atoms with E-state index in [1.807, 2.05) is 0 Å². The van der Waals surface area contributed by atoms with Crippen LogP contribution in [0.1, 0.15) is 59.8 Å². The average Bonchev–Trinajstić information content (AvgIpc) is 3.43. The Bertz CT molecular complexity index is 827. The molecule has 3 radical (unpaired) electrons. The number of benzene rings is 2. The maximum Gasteiger partial charge on any atom is 4.00 e. The summed E-state index contributed by atoms with van der Waals surface area (Å²) < 4.78 is 0. The van der Waals surface area contributed by atoms with Crippen molar-refractivity contribution in [2.45, 2.75) is 66.3 Å². The number of allylic oxidation sites excluding steroid dienone is 4. The Kier molecular flexibility index (Phi) is 25.1. The van der Waals surface area contributed by atoms with Crippen LogP contribution in [-0.4, -0.2) is 10.2 Å². The van der Waals surface area contributed by atoms with Crippen LogP contribution in [0.2, 0.25) is 6.55 Å². The molecular weight excluding hydrogens is 527 g/mol. The summed E-state index contributed by atoms with van der Waals surface area (Å²) >= 11 is 0. The van der Waals surface area contributed by atoms with Crippen LogP contribution in [0.25, 0.3) is 21.5 Å². The Morgan fingerprint density at radius 1 is 0.844 bits per heavy atom. The second-order valence-electron chi connectivity index (χ2n) is 7.44. The van der Waals surface area contributed by atoms with Crippen molar-refractivity contribution in [1.29, 1.82) is 0 Å². The van der Waals surface area contributed by atoms with Crippen molar-refractivity contribution >= 4 is 31.8 Å². The molecule has 0 atom stereocenters. The third-order valence-corrected chi connectivity index (χ3v) is 4.87. The summed E-state index contributed by atoms with van der Waals surface area (Å²) in [5.74, 6) is 0.685. The minimum atomic E-state index is 0. The van der Waals surface area contributed by atoms with Crippen LogP contribution in [0.5, 0.6) is 0 Å². The minimum absolute atomic E-state index is 0. The molecule has 0 spiro atoms. The summed E-state index contributed by atoms with van der Waals surface area (Å²) in [5, 5.41) is 5.39. The van der Waals surface area contributed by atoms with Crippen molar-refractivity contribution in [3.8, 4) is 0 Å². The molecule has 3 aromatic carbocycles. The topological polar surface area (TPSA) is 0 Å². The fourth-order valence-electron chi connectivity index (χ4n) is 3.22. The molecule has 0 fully saturated rings. The second-order valence-corrected chi connectivity index (χ2v) is 7.44. The Hall–Kier alpha value is -0.530. The number of hydrogen-bond donors (Lipinski definition) is 0. The van der Waals surface area contributed by atoms with Crippen LogP contribution in [0.15, 0.2) is 72.3 Å². The van der Waals surface area contributed by atoms with Gasteiger partial charge in [-0.25, -0.2) is 6.08 Å². The van der Waals surface area contributed by atoms with Gasteiger partial charge in [0.25, 0.3) is 0 Å². The first-order valence-electron chi connectivity index (χ1n) is 11.0. The predicted molar refractivity (Wildman–Crippen MR) is 134 cm³/mol. The fourth-order valence-corrected chi connectivity index (χ4v) is 3.22. The molecule has 0 aromatic heterocycles.